The molecule has 0 atom stereocenters. The van der Waals surface area contributed by atoms with E-state index in [1.54, 1.807) is 30.7 Å². The number of hydrogen-bond acceptors (Lipinski definition) is 7. The lowest BCUT2D eigenvalue weighted by molar-refractivity contribution is -0.141. The van der Waals surface area contributed by atoms with Crippen LogP contribution in [0.2, 0.25) is 0 Å². The Labute approximate surface area is 184 Å². The van der Waals surface area contributed by atoms with Gasteiger partial charge in [0.1, 0.15) is 11.5 Å². The van der Waals surface area contributed by atoms with Crippen molar-refractivity contribution in [2.24, 2.45) is 0 Å². The van der Waals surface area contributed by atoms with Crippen molar-refractivity contribution in [1.82, 2.24) is 30.2 Å². The summed E-state index contributed by atoms with van der Waals surface area (Å²) in [5.74, 6) is 0.126. The molecule has 0 saturated carbocycles. The van der Waals surface area contributed by atoms with Crippen LogP contribution in [0.3, 0.4) is 0 Å². The van der Waals surface area contributed by atoms with Crippen molar-refractivity contribution in [2.45, 2.75) is 19.6 Å². The number of thiazole rings is 1. The number of carbonyl (C=O) groups is 1. The Morgan fingerprint density at radius 1 is 1.16 bits per heavy atom. The van der Waals surface area contributed by atoms with Gasteiger partial charge in [-0.1, -0.05) is 6.07 Å². The maximum atomic E-state index is 12.9. The SMILES string of the molecule is Cc1cc(Nc2nccc(C(F)(F)F)n2)cc(-c2cnc(C(=O)NCc3ncc[nH]3)s2)c1. The van der Waals surface area contributed by atoms with Crippen molar-refractivity contribution in [2.75, 3.05) is 5.32 Å². The number of nitrogens with one attached hydrogen (secondary N) is 3. The molecule has 164 valence electrons. The van der Waals surface area contributed by atoms with Gasteiger partial charge in [-0.05, 0) is 36.2 Å². The lowest BCUT2D eigenvalue weighted by Gasteiger charge is -2.10. The van der Waals surface area contributed by atoms with E-state index in [1.807, 2.05) is 13.0 Å². The topological polar surface area (TPSA) is 108 Å². The van der Waals surface area contributed by atoms with E-state index in [9.17, 15) is 18.0 Å². The number of anilines is 2. The van der Waals surface area contributed by atoms with Gasteiger partial charge in [-0.2, -0.15) is 13.2 Å². The van der Waals surface area contributed by atoms with Crippen LogP contribution in [0.1, 0.15) is 26.9 Å². The average molecular weight is 459 g/mol. The highest BCUT2D eigenvalue weighted by Crippen LogP contribution is 2.31. The highest BCUT2D eigenvalue weighted by molar-refractivity contribution is 7.17. The number of rotatable bonds is 6. The van der Waals surface area contributed by atoms with Gasteiger partial charge in [-0.15, -0.1) is 11.3 Å². The Balaban J connectivity index is 1.51. The van der Waals surface area contributed by atoms with Crippen molar-refractivity contribution < 1.29 is 18.0 Å². The second kappa shape index (κ2) is 8.75. The Hall–Kier alpha value is -3.80. The minimum Gasteiger partial charge on any atom is -0.347 e. The lowest BCUT2D eigenvalue weighted by atomic mass is 10.1. The van der Waals surface area contributed by atoms with E-state index in [2.05, 4.69) is 35.6 Å². The van der Waals surface area contributed by atoms with Crippen LogP contribution in [0.25, 0.3) is 10.4 Å². The summed E-state index contributed by atoms with van der Waals surface area (Å²) in [4.78, 5) is 31.6. The van der Waals surface area contributed by atoms with E-state index in [0.717, 1.165) is 28.3 Å². The Morgan fingerprint density at radius 2 is 2.00 bits per heavy atom. The molecule has 32 heavy (non-hydrogen) atoms. The number of halogens is 3. The molecular weight excluding hydrogens is 443 g/mol. The van der Waals surface area contributed by atoms with Gasteiger partial charge in [0.25, 0.3) is 5.91 Å². The highest BCUT2D eigenvalue weighted by atomic mass is 32.1. The van der Waals surface area contributed by atoms with Crippen molar-refractivity contribution in [1.29, 1.82) is 0 Å². The Morgan fingerprint density at radius 3 is 2.75 bits per heavy atom. The van der Waals surface area contributed by atoms with Crippen LogP contribution >= 0.6 is 11.3 Å². The third kappa shape index (κ3) is 5.09. The summed E-state index contributed by atoms with van der Waals surface area (Å²) in [6, 6.07) is 6.18. The zero-order valence-electron chi connectivity index (χ0n) is 16.6. The lowest BCUT2D eigenvalue weighted by Crippen LogP contribution is -2.23. The summed E-state index contributed by atoms with van der Waals surface area (Å²) < 4.78 is 38.7. The summed E-state index contributed by atoms with van der Waals surface area (Å²) in [6.07, 6.45) is 1.32. The summed E-state index contributed by atoms with van der Waals surface area (Å²) in [6.45, 7) is 2.09. The van der Waals surface area contributed by atoms with Crippen molar-refractivity contribution in [3.63, 3.8) is 0 Å². The molecule has 3 N–H and O–H groups in total. The first-order valence-corrected chi connectivity index (χ1v) is 10.1. The number of carbonyl (C=O) groups excluding carboxylic acids is 1. The molecule has 0 radical (unpaired) electrons. The largest absolute Gasteiger partial charge is 0.433 e. The number of nitrogens with zero attached hydrogens (tertiary/aromatic N) is 4. The van der Waals surface area contributed by atoms with Gasteiger partial charge < -0.3 is 15.6 Å². The van der Waals surface area contributed by atoms with Crippen LogP contribution in [-0.4, -0.2) is 30.8 Å². The standard InChI is InChI=1S/C20H16F3N7OS/c1-11-6-12(8-13(7-11)29-19-26-3-2-15(30-19)20(21,22)23)14-9-28-18(32-14)17(31)27-10-16-24-4-5-25-16/h2-9H,10H2,1H3,(H,24,25)(H,27,31)(H,26,29,30). The molecule has 8 nitrogen and oxygen atoms in total. The fraction of sp³-hybridized carbons (Fsp3) is 0.150. The fourth-order valence-corrected chi connectivity index (χ4v) is 3.67. The van der Waals surface area contributed by atoms with Crippen LogP contribution in [0.4, 0.5) is 24.8 Å². The van der Waals surface area contributed by atoms with Gasteiger partial charge in [0.05, 0.1) is 11.4 Å². The molecule has 1 aromatic carbocycles. The van der Waals surface area contributed by atoms with E-state index in [1.165, 1.54) is 11.3 Å². The smallest absolute Gasteiger partial charge is 0.347 e. The Bertz CT molecular complexity index is 1240. The minimum absolute atomic E-state index is 0.168. The number of hydrogen-bond donors (Lipinski definition) is 3. The molecule has 0 unspecified atom stereocenters. The van der Waals surface area contributed by atoms with Gasteiger partial charge in [0.15, 0.2) is 5.01 Å². The minimum atomic E-state index is -4.56. The molecule has 3 aromatic heterocycles. The molecule has 4 aromatic rings. The molecule has 12 heteroatoms. The van der Waals surface area contributed by atoms with E-state index in [0.29, 0.717) is 11.5 Å². The van der Waals surface area contributed by atoms with Crippen molar-refractivity contribution >= 4 is 28.9 Å². The molecule has 0 saturated heterocycles. The first kappa shape index (κ1) is 21.4. The van der Waals surface area contributed by atoms with Crippen LogP contribution in [0, 0.1) is 6.92 Å². The normalized spacial score (nSPS) is 11.4. The Kier molecular flexibility index (Phi) is 5.86. The van der Waals surface area contributed by atoms with Crippen LogP contribution in [0.5, 0.6) is 0 Å². The van der Waals surface area contributed by atoms with Crippen LogP contribution < -0.4 is 10.6 Å². The van der Waals surface area contributed by atoms with E-state index in [4.69, 9.17) is 0 Å². The van der Waals surface area contributed by atoms with Gasteiger partial charge >= 0.3 is 6.18 Å². The van der Waals surface area contributed by atoms with Gasteiger partial charge in [-0.3, -0.25) is 4.79 Å². The molecule has 1 amide bonds. The predicted octanol–water partition coefficient (Wildman–Crippen LogP) is 4.32. The van der Waals surface area contributed by atoms with E-state index >= 15 is 0 Å². The fourth-order valence-electron chi connectivity index (χ4n) is 2.85. The number of H-pyrrole nitrogens is 1. The molecule has 0 aliphatic heterocycles. The average Bonchev–Trinajstić information content (AvgIpc) is 3.43. The van der Waals surface area contributed by atoms with E-state index in [-0.39, 0.29) is 23.4 Å². The quantitative estimate of drug-likeness (QED) is 0.396. The molecule has 0 aliphatic carbocycles. The molecular formula is C20H16F3N7OS. The maximum absolute atomic E-state index is 12.9. The summed E-state index contributed by atoms with van der Waals surface area (Å²) in [5.41, 5.74) is 1.09. The second-order valence-corrected chi connectivity index (χ2v) is 7.75. The molecule has 0 spiro atoms. The van der Waals surface area contributed by atoms with Gasteiger partial charge in [0.2, 0.25) is 5.95 Å². The maximum Gasteiger partial charge on any atom is 0.433 e. The number of imidazole rings is 1. The number of benzene rings is 1. The predicted molar refractivity (Wildman–Crippen MR) is 112 cm³/mol. The summed E-state index contributed by atoms with van der Waals surface area (Å²) in [7, 11) is 0. The summed E-state index contributed by atoms with van der Waals surface area (Å²) >= 11 is 1.20. The van der Waals surface area contributed by atoms with Crippen molar-refractivity contribution in [3.8, 4) is 10.4 Å². The number of aromatic nitrogens is 5. The number of alkyl halides is 3. The van der Waals surface area contributed by atoms with Crippen molar-refractivity contribution in [3.05, 3.63) is 71.1 Å². The number of amides is 1. The molecule has 3 heterocycles. The van der Waals surface area contributed by atoms with Gasteiger partial charge in [-0.25, -0.2) is 19.9 Å². The van der Waals surface area contributed by atoms with Gasteiger partial charge in [0, 0.05) is 30.5 Å². The molecule has 0 aliphatic rings. The van der Waals surface area contributed by atoms with Crippen LogP contribution in [-0.2, 0) is 12.7 Å². The van der Waals surface area contributed by atoms with E-state index < -0.39 is 11.9 Å². The number of aryl methyl sites for hydroxylation is 1. The third-order valence-corrected chi connectivity index (χ3v) is 5.28. The van der Waals surface area contributed by atoms with Crippen LogP contribution in [0.15, 0.2) is 49.1 Å². The number of aromatic amines is 1. The molecule has 0 bridgehead atoms. The second-order valence-electron chi connectivity index (χ2n) is 6.72. The molecule has 4 rings (SSSR count). The monoisotopic (exact) mass is 459 g/mol. The third-order valence-electron chi connectivity index (χ3n) is 4.24. The zero-order chi connectivity index (χ0) is 22.7. The first-order chi connectivity index (χ1) is 15.3. The molecule has 0 fully saturated rings. The first-order valence-electron chi connectivity index (χ1n) is 9.29. The summed E-state index contributed by atoms with van der Waals surface area (Å²) in [5, 5.41) is 5.82. The zero-order valence-corrected chi connectivity index (χ0v) is 17.4. The highest BCUT2D eigenvalue weighted by Gasteiger charge is 2.32.